The zero-order chi connectivity index (χ0) is 19.0. The molecule has 0 aliphatic heterocycles. The van der Waals surface area contributed by atoms with Crippen molar-refractivity contribution in [3.8, 4) is 0 Å². The number of nitrogens with one attached hydrogen (secondary N) is 1. The molecule has 4 rings (SSSR count). The lowest BCUT2D eigenvalue weighted by molar-refractivity contribution is 0.0519. The highest BCUT2D eigenvalue weighted by molar-refractivity contribution is 6.14. The first kappa shape index (κ1) is 16.9. The van der Waals surface area contributed by atoms with E-state index in [2.05, 4.69) is 9.97 Å². The molecule has 0 bridgehead atoms. The predicted octanol–water partition coefficient (Wildman–Crippen LogP) is 4.26. The summed E-state index contributed by atoms with van der Waals surface area (Å²) >= 11 is 0. The average Bonchev–Trinajstić information content (AvgIpc) is 3.05. The van der Waals surface area contributed by atoms with Crippen molar-refractivity contribution >= 4 is 33.6 Å². The zero-order valence-electron chi connectivity index (χ0n) is 14.5. The van der Waals surface area contributed by atoms with Gasteiger partial charge in [0.2, 0.25) is 0 Å². The molecule has 0 aliphatic carbocycles. The van der Waals surface area contributed by atoms with Crippen molar-refractivity contribution in [2.75, 3.05) is 6.61 Å². The van der Waals surface area contributed by atoms with E-state index in [4.69, 9.17) is 4.74 Å². The average molecular weight is 362 g/mol. The molecule has 0 fully saturated rings. The molecule has 0 amide bonds. The minimum atomic E-state index is -0.560. The lowest BCUT2D eigenvalue weighted by Gasteiger charge is -2.03. The van der Waals surface area contributed by atoms with Gasteiger partial charge in [0.15, 0.2) is 5.78 Å². The molecule has 2 aromatic carbocycles. The number of aromatic nitrogens is 2. The smallest absolute Gasteiger partial charge is 0.356 e. The molecular formula is C21H15FN2O3. The van der Waals surface area contributed by atoms with Gasteiger partial charge in [-0.05, 0) is 43.3 Å². The van der Waals surface area contributed by atoms with Crippen LogP contribution in [0.3, 0.4) is 0 Å². The van der Waals surface area contributed by atoms with Crippen molar-refractivity contribution in [2.45, 2.75) is 6.92 Å². The predicted molar refractivity (Wildman–Crippen MR) is 99.4 cm³/mol. The Bertz CT molecular complexity index is 1200. The second-order valence-electron chi connectivity index (χ2n) is 6.03. The molecule has 5 nitrogen and oxygen atoms in total. The molecule has 0 atom stereocenters. The maximum Gasteiger partial charge on any atom is 0.356 e. The van der Waals surface area contributed by atoms with E-state index in [1.807, 2.05) is 0 Å². The number of hydrogen-bond donors (Lipinski definition) is 1. The van der Waals surface area contributed by atoms with Crippen molar-refractivity contribution in [3.05, 3.63) is 77.4 Å². The third-order valence-corrected chi connectivity index (χ3v) is 4.35. The second kappa shape index (κ2) is 6.64. The van der Waals surface area contributed by atoms with E-state index < -0.39 is 17.6 Å². The quantitative estimate of drug-likeness (QED) is 0.435. The Morgan fingerprint density at radius 2 is 1.85 bits per heavy atom. The van der Waals surface area contributed by atoms with Gasteiger partial charge in [-0.2, -0.15) is 0 Å². The Hall–Kier alpha value is -3.54. The van der Waals surface area contributed by atoms with Gasteiger partial charge < -0.3 is 9.72 Å². The summed E-state index contributed by atoms with van der Waals surface area (Å²) in [5.41, 5.74) is 2.09. The van der Waals surface area contributed by atoms with Gasteiger partial charge in [-0.15, -0.1) is 0 Å². The minimum absolute atomic E-state index is 0.0190. The number of nitrogens with zero attached hydrogens (tertiary/aromatic N) is 1. The van der Waals surface area contributed by atoms with Crippen LogP contribution in [0.2, 0.25) is 0 Å². The molecule has 2 heterocycles. The Morgan fingerprint density at radius 3 is 2.63 bits per heavy atom. The highest BCUT2D eigenvalue weighted by Gasteiger charge is 2.16. The van der Waals surface area contributed by atoms with Gasteiger partial charge >= 0.3 is 5.97 Å². The summed E-state index contributed by atoms with van der Waals surface area (Å²) in [6.07, 6.45) is 1.56. The SMILES string of the molecule is CCOC(=O)c1cc2c(cn1)[nH]c1ccc(C(=O)c3ccccc3F)cc12. The lowest BCUT2D eigenvalue weighted by Crippen LogP contribution is -2.06. The van der Waals surface area contributed by atoms with Crippen molar-refractivity contribution < 1.29 is 18.7 Å². The number of carbonyl (C=O) groups is 2. The van der Waals surface area contributed by atoms with Gasteiger partial charge in [0.25, 0.3) is 0 Å². The zero-order valence-corrected chi connectivity index (χ0v) is 14.5. The van der Waals surface area contributed by atoms with Crippen LogP contribution in [0, 0.1) is 5.82 Å². The number of ketones is 1. The van der Waals surface area contributed by atoms with E-state index in [1.165, 1.54) is 12.1 Å². The minimum Gasteiger partial charge on any atom is -0.461 e. The standard InChI is InChI=1S/C21H15FN2O3/c1-2-27-21(26)18-10-15-14-9-12(7-8-17(14)24-19(15)11-23-18)20(25)13-5-3-4-6-16(13)22/h3-11,24H,2H2,1H3. The van der Waals surface area contributed by atoms with Crippen LogP contribution in [-0.4, -0.2) is 28.3 Å². The van der Waals surface area contributed by atoms with Crippen LogP contribution >= 0.6 is 0 Å². The van der Waals surface area contributed by atoms with Crippen LogP contribution in [0.15, 0.2) is 54.7 Å². The molecule has 134 valence electrons. The van der Waals surface area contributed by atoms with Gasteiger partial charge in [0.05, 0.1) is 23.9 Å². The Balaban J connectivity index is 1.84. The molecule has 2 aromatic heterocycles. The summed E-state index contributed by atoms with van der Waals surface area (Å²) in [7, 11) is 0. The third kappa shape index (κ3) is 2.95. The molecule has 6 heteroatoms. The molecule has 0 radical (unpaired) electrons. The molecule has 1 N–H and O–H groups in total. The van der Waals surface area contributed by atoms with E-state index in [9.17, 15) is 14.0 Å². The number of rotatable bonds is 4. The molecule has 0 saturated heterocycles. The number of ether oxygens (including phenoxy) is 1. The van der Waals surface area contributed by atoms with Gasteiger partial charge in [-0.3, -0.25) is 4.79 Å². The van der Waals surface area contributed by atoms with E-state index >= 15 is 0 Å². The molecule has 4 aromatic rings. The van der Waals surface area contributed by atoms with Crippen LogP contribution in [0.25, 0.3) is 21.8 Å². The molecule has 0 unspecified atom stereocenters. The Labute approximate surface area is 153 Å². The van der Waals surface area contributed by atoms with Crippen LogP contribution in [0.5, 0.6) is 0 Å². The molecule has 0 saturated carbocycles. The maximum atomic E-state index is 14.0. The second-order valence-corrected chi connectivity index (χ2v) is 6.03. The summed E-state index contributed by atoms with van der Waals surface area (Å²) in [6, 6.07) is 12.6. The van der Waals surface area contributed by atoms with Gasteiger partial charge in [0, 0.05) is 21.9 Å². The number of carbonyl (C=O) groups excluding carboxylic acids is 2. The third-order valence-electron chi connectivity index (χ3n) is 4.35. The number of H-pyrrole nitrogens is 1. The summed E-state index contributed by atoms with van der Waals surface area (Å²) < 4.78 is 19.0. The number of benzene rings is 2. The summed E-state index contributed by atoms with van der Waals surface area (Å²) in [5, 5.41) is 1.49. The Morgan fingerprint density at radius 1 is 1.07 bits per heavy atom. The number of pyridine rings is 1. The summed E-state index contributed by atoms with van der Waals surface area (Å²) in [5.74, 6) is -1.47. The van der Waals surface area contributed by atoms with Crippen LogP contribution in [0.4, 0.5) is 4.39 Å². The topological polar surface area (TPSA) is 72.0 Å². The van der Waals surface area contributed by atoms with Gasteiger partial charge in [-0.1, -0.05) is 12.1 Å². The van der Waals surface area contributed by atoms with Crippen molar-refractivity contribution in [2.24, 2.45) is 0 Å². The van der Waals surface area contributed by atoms with E-state index in [0.29, 0.717) is 5.56 Å². The Kier molecular flexibility index (Phi) is 4.16. The fourth-order valence-corrected chi connectivity index (χ4v) is 3.06. The highest BCUT2D eigenvalue weighted by Crippen LogP contribution is 2.27. The number of fused-ring (bicyclic) bond motifs is 3. The first-order valence-corrected chi connectivity index (χ1v) is 8.46. The van der Waals surface area contributed by atoms with Gasteiger partial charge in [-0.25, -0.2) is 14.2 Å². The number of halogens is 1. The van der Waals surface area contributed by atoms with E-state index in [-0.39, 0.29) is 17.9 Å². The fraction of sp³-hybridized carbons (Fsp3) is 0.0952. The summed E-state index contributed by atoms with van der Waals surface area (Å²) in [6.45, 7) is 1.98. The van der Waals surface area contributed by atoms with E-state index in [0.717, 1.165) is 21.8 Å². The largest absolute Gasteiger partial charge is 0.461 e. The first-order chi connectivity index (χ1) is 13.1. The number of aromatic amines is 1. The van der Waals surface area contributed by atoms with Crippen molar-refractivity contribution in [3.63, 3.8) is 0 Å². The van der Waals surface area contributed by atoms with Gasteiger partial charge in [0.1, 0.15) is 11.5 Å². The highest BCUT2D eigenvalue weighted by atomic mass is 19.1. The number of esters is 1. The normalized spacial score (nSPS) is 11.0. The van der Waals surface area contributed by atoms with Crippen LogP contribution in [-0.2, 0) is 4.74 Å². The molecule has 0 aliphatic rings. The first-order valence-electron chi connectivity index (χ1n) is 8.46. The van der Waals surface area contributed by atoms with Crippen molar-refractivity contribution in [1.29, 1.82) is 0 Å². The lowest BCUT2D eigenvalue weighted by atomic mass is 10.0. The van der Waals surface area contributed by atoms with E-state index in [1.54, 1.807) is 49.5 Å². The maximum absolute atomic E-state index is 14.0. The fourth-order valence-electron chi connectivity index (χ4n) is 3.06. The number of hydrogen-bond acceptors (Lipinski definition) is 4. The molecule has 0 spiro atoms. The monoisotopic (exact) mass is 362 g/mol. The van der Waals surface area contributed by atoms with Crippen molar-refractivity contribution in [1.82, 2.24) is 9.97 Å². The van der Waals surface area contributed by atoms with Crippen LogP contribution < -0.4 is 0 Å². The molecule has 27 heavy (non-hydrogen) atoms. The van der Waals surface area contributed by atoms with Crippen LogP contribution in [0.1, 0.15) is 33.3 Å². The molecular weight excluding hydrogens is 347 g/mol. The summed E-state index contributed by atoms with van der Waals surface area (Å²) in [4.78, 5) is 32.0.